The Labute approximate surface area is 121 Å². The third kappa shape index (κ3) is 5.00. The monoisotopic (exact) mass is 330 g/mol. The number of carbonyl (C=O) groups excluding carboxylic acids is 1. The summed E-state index contributed by atoms with van der Waals surface area (Å²) >= 11 is 5.09. The van der Waals surface area contributed by atoms with Crippen molar-refractivity contribution >= 4 is 33.6 Å². The molecule has 0 saturated heterocycles. The van der Waals surface area contributed by atoms with Crippen LogP contribution in [0.1, 0.15) is 11.1 Å². The summed E-state index contributed by atoms with van der Waals surface area (Å²) in [5.74, 6) is 0.543. The van der Waals surface area contributed by atoms with Gasteiger partial charge in [0.05, 0.1) is 5.75 Å². The van der Waals surface area contributed by atoms with E-state index in [2.05, 4.69) is 52.5 Å². The SMILES string of the molecule is CNCCNC(=O)CSc1cc(C)c(Br)cc1C. The van der Waals surface area contributed by atoms with Crippen LogP contribution in [0.5, 0.6) is 0 Å². The maximum atomic E-state index is 11.6. The second-order valence-electron chi connectivity index (χ2n) is 4.11. The zero-order chi connectivity index (χ0) is 13.5. The summed E-state index contributed by atoms with van der Waals surface area (Å²) < 4.78 is 1.11. The molecular weight excluding hydrogens is 312 g/mol. The third-order valence-electron chi connectivity index (χ3n) is 2.51. The number of hydrogen-bond donors (Lipinski definition) is 2. The molecule has 1 amide bonds. The van der Waals surface area contributed by atoms with Crippen LogP contribution in [0.25, 0.3) is 0 Å². The fraction of sp³-hybridized carbons (Fsp3) is 0.462. The number of nitrogens with one attached hydrogen (secondary N) is 2. The van der Waals surface area contributed by atoms with Crippen molar-refractivity contribution < 1.29 is 4.79 Å². The van der Waals surface area contributed by atoms with E-state index >= 15 is 0 Å². The Morgan fingerprint density at radius 3 is 2.67 bits per heavy atom. The van der Waals surface area contributed by atoms with Gasteiger partial charge >= 0.3 is 0 Å². The fourth-order valence-electron chi connectivity index (χ4n) is 1.43. The van der Waals surface area contributed by atoms with Gasteiger partial charge in [-0.05, 0) is 44.2 Å². The summed E-state index contributed by atoms with van der Waals surface area (Å²) in [4.78, 5) is 12.8. The Morgan fingerprint density at radius 2 is 2.00 bits per heavy atom. The molecule has 0 unspecified atom stereocenters. The van der Waals surface area contributed by atoms with Crippen LogP contribution in [-0.2, 0) is 4.79 Å². The molecule has 1 aromatic carbocycles. The number of thioether (sulfide) groups is 1. The van der Waals surface area contributed by atoms with Crippen LogP contribution < -0.4 is 10.6 Å². The summed E-state index contributed by atoms with van der Waals surface area (Å²) in [6, 6.07) is 4.21. The van der Waals surface area contributed by atoms with E-state index in [9.17, 15) is 4.79 Å². The smallest absolute Gasteiger partial charge is 0.230 e. The number of benzene rings is 1. The van der Waals surface area contributed by atoms with Crippen molar-refractivity contribution in [3.63, 3.8) is 0 Å². The Balaban J connectivity index is 2.48. The lowest BCUT2D eigenvalue weighted by Gasteiger charge is -2.09. The lowest BCUT2D eigenvalue weighted by molar-refractivity contribution is -0.118. The molecule has 3 nitrogen and oxygen atoms in total. The van der Waals surface area contributed by atoms with Gasteiger partial charge in [0.1, 0.15) is 0 Å². The topological polar surface area (TPSA) is 41.1 Å². The summed E-state index contributed by atoms with van der Waals surface area (Å²) in [6.07, 6.45) is 0. The van der Waals surface area contributed by atoms with Gasteiger partial charge < -0.3 is 10.6 Å². The molecule has 0 heterocycles. The highest BCUT2D eigenvalue weighted by atomic mass is 79.9. The van der Waals surface area contributed by atoms with Gasteiger partial charge in [0.15, 0.2) is 0 Å². The standard InChI is InChI=1S/C13H19BrN2OS/c1-9-7-12(10(2)6-11(9)14)18-8-13(17)16-5-4-15-3/h6-7,15H,4-5,8H2,1-3H3,(H,16,17). The van der Waals surface area contributed by atoms with Crippen LogP contribution in [-0.4, -0.2) is 31.8 Å². The van der Waals surface area contributed by atoms with Crippen LogP contribution in [0.2, 0.25) is 0 Å². The minimum atomic E-state index is 0.0789. The van der Waals surface area contributed by atoms with Crippen molar-refractivity contribution in [3.05, 3.63) is 27.7 Å². The van der Waals surface area contributed by atoms with Gasteiger partial charge in [-0.1, -0.05) is 15.9 Å². The second-order valence-corrected chi connectivity index (χ2v) is 5.98. The molecule has 100 valence electrons. The Kier molecular flexibility index (Phi) is 6.75. The molecular formula is C13H19BrN2OS. The molecule has 0 aromatic heterocycles. The maximum absolute atomic E-state index is 11.6. The zero-order valence-electron chi connectivity index (χ0n) is 11.0. The molecule has 0 aliphatic heterocycles. The van der Waals surface area contributed by atoms with Crippen LogP contribution in [0, 0.1) is 13.8 Å². The van der Waals surface area contributed by atoms with Gasteiger partial charge in [-0.25, -0.2) is 0 Å². The van der Waals surface area contributed by atoms with E-state index < -0.39 is 0 Å². The first kappa shape index (κ1) is 15.5. The van der Waals surface area contributed by atoms with Gasteiger partial charge in [-0.3, -0.25) is 4.79 Å². The predicted octanol–water partition coefficient (Wildman–Crippen LogP) is 2.49. The molecule has 0 spiro atoms. The Bertz CT molecular complexity index is 424. The normalized spacial score (nSPS) is 10.4. The molecule has 0 bridgehead atoms. The molecule has 18 heavy (non-hydrogen) atoms. The number of rotatable bonds is 6. The van der Waals surface area contributed by atoms with E-state index in [0.717, 1.165) is 11.0 Å². The number of amides is 1. The second kappa shape index (κ2) is 7.81. The Morgan fingerprint density at radius 1 is 1.28 bits per heavy atom. The minimum absolute atomic E-state index is 0.0789. The number of halogens is 1. The number of aryl methyl sites for hydroxylation is 2. The third-order valence-corrected chi connectivity index (χ3v) is 4.52. The molecule has 0 aliphatic carbocycles. The van der Waals surface area contributed by atoms with Gasteiger partial charge in [0.25, 0.3) is 0 Å². The maximum Gasteiger partial charge on any atom is 0.230 e. The number of carbonyl (C=O) groups is 1. The molecule has 1 aromatic rings. The number of likely N-dealkylation sites (N-methyl/N-ethyl adjacent to an activating group) is 1. The Hall–Kier alpha value is -0.520. The average Bonchev–Trinajstić information content (AvgIpc) is 2.32. The molecule has 1 rings (SSSR count). The van der Waals surface area contributed by atoms with Crippen molar-refractivity contribution in [2.75, 3.05) is 25.9 Å². The van der Waals surface area contributed by atoms with Gasteiger partial charge in [-0.2, -0.15) is 0 Å². The fourth-order valence-corrected chi connectivity index (χ4v) is 2.82. The molecule has 0 saturated carbocycles. The van der Waals surface area contributed by atoms with Crippen LogP contribution in [0.4, 0.5) is 0 Å². The van der Waals surface area contributed by atoms with Crippen molar-refractivity contribution in [2.24, 2.45) is 0 Å². The van der Waals surface area contributed by atoms with Crippen LogP contribution in [0.3, 0.4) is 0 Å². The van der Waals surface area contributed by atoms with Crippen LogP contribution >= 0.6 is 27.7 Å². The van der Waals surface area contributed by atoms with E-state index in [1.807, 2.05) is 7.05 Å². The first-order valence-electron chi connectivity index (χ1n) is 5.85. The molecule has 5 heteroatoms. The lowest BCUT2D eigenvalue weighted by atomic mass is 10.2. The summed E-state index contributed by atoms with van der Waals surface area (Å²) in [5.41, 5.74) is 2.39. The van der Waals surface area contributed by atoms with Crippen molar-refractivity contribution in [1.29, 1.82) is 0 Å². The summed E-state index contributed by atoms with van der Waals surface area (Å²) in [5, 5.41) is 5.86. The lowest BCUT2D eigenvalue weighted by Crippen LogP contribution is -2.31. The highest BCUT2D eigenvalue weighted by Gasteiger charge is 2.06. The van der Waals surface area contributed by atoms with E-state index in [4.69, 9.17) is 0 Å². The quantitative estimate of drug-likeness (QED) is 0.622. The van der Waals surface area contributed by atoms with E-state index in [1.165, 1.54) is 16.0 Å². The highest BCUT2D eigenvalue weighted by molar-refractivity contribution is 9.10. The average molecular weight is 331 g/mol. The molecule has 0 fully saturated rings. The molecule has 2 N–H and O–H groups in total. The number of hydrogen-bond acceptors (Lipinski definition) is 3. The van der Waals surface area contributed by atoms with Crippen LogP contribution in [0.15, 0.2) is 21.5 Å². The van der Waals surface area contributed by atoms with E-state index in [-0.39, 0.29) is 5.91 Å². The molecule has 0 atom stereocenters. The zero-order valence-corrected chi connectivity index (χ0v) is 13.4. The summed E-state index contributed by atoms with van der Waals surface area (Å²) in [6.45, 7) is 5.59. The first-order chi connectivity index (χ1) is 8.54. The van der Waals surface area contributed by atoms with E-state index in [0.29, 0.717) is 12.3 Å². The first-order valence-corrected chi connectivity index (χ1v) is 7.63. The van der Waals surface area contributed by atoms with E-state index in [1.54, 1.807) is 11.8 Å². The largest absolute Gasteiger partial charge is 0.354 e. The minimum Gasteiger partial charge on any atom is -0.354 e. The van der Waals surface area contributed by atoms with Crippen molar-refractivity contribution in [1.82, 2.24) is 10.6 Å². The molecule has 0 aliphatic rings. The predicted molar refractivity (Wildman–Crippen MR) is 81.3 cm³/mol. The summed E-state index contributed by atoms with van der Waals surface area (Å²) in [7, 11) is 1.87. The van der Waals surface area contributed by atoms with Crippen molar-refractivity contribution in [3.8, 4) is 0 Å². The van der Waals surface area contributed by atoms with Gasteiger partial charge in [0, 0.05) is 22.5 Å². The van der Waals surface area contributed by atoms with Crippen molar-refractivity contribution in [2.45, 2.75) is 18.7 Å². The highest BCUT2D eigenvalue weighted by Crippen LogP contribution is 2.28. The van der Waals surface area contributed by atoms with Gasteiger partial charge in [0.2, 0.25) is 5.91 Å². The molecule has 0 radical (unpaired) electrons. The van der Waals surface area contributed by atoms with Gasteiger partial charge in [-0.15, -0.1) is 11.8 Å².